The SMILES string of the molecule is CCCCC(CC)CN(CC(CC)CCCC)S(=O)(=O)c1cccc(N=Nc2c(C)c(C(=O)OCC)c(O)[nH]c2=O)c1. The van der Waals surface area contributed by atoms with Gasteiger partial charge in [-0.2, -0.15) is 9.42 Å². The van der Waals surface area contributed by atoms with Crippen LogP contribution in [-0.2, 0) is 14.8 Å². The summed E-state index contributed by atoms with van der Waals surface area (Å²) in [5.74, 6) is -0.883. The van der Waals surface area contributed by atoms with E-state index in [4.69, 9.17) is 4.74 Å². The van der Waals surface area contributed by atoms with Crippen LogP contribution in [0.15, 0.2) is 44.2 Å². The number of pyridine rings is 1. The number of sulfonamides is 1. The molecular formula is C31H48N4O6S. The fraction of sp³-hybridized carbons (Fsp3) is 0.613. The minimum absolute atomic E-state index is 0.0845. The molecule has 10 nitrogen and oxygen atoms in total. The Labute approximate surface area is 250 Å². The predicted octanol–water partition coefficient (Wildman–Crippen LogP) is 7.40. The van der Waals surface area contributed by atoms with E-state index < -0.39 is 27.4 Å². The Balaban J connectivity index is 2.47. The molecule has 0 radical (unpaired) electrons. The molecule has 11 heteroatoms. The molecule has 0 spiro atoms. The van der Waals surface area contributed by atoms with Crippen molar-refractivity contribution in [1.82, 2.24) is 9.29 Å². The maximum Gasteiger partial charge on any atom is 0.343 e. The van der Waals surface area contributed by atoms with E-state index in [0.29, 0.717) is 13.1 Å². The fourth-order valence-electron chi connectivity index (χ4n) is 4.91. The summed E-state index contributed by atoms with van der Waals surface area (Å²) in [5.41, 5.74) is -0.804. The van der Waals surface area contributed by atoms with Crippen LogP contribution in [0.4, 0.5) is 11.4 Å². The van der Waals surface area contributed by atoms with Crippen LogP contribution in [0.25, 0.3) is 0 Å². The molecule has 2 aromatic rings. The molecule has 2 unspecified atom stereocenters. The number of rotatable bonds is 18. The summed E-state index contributed by atoms with van der Waals surface area (Å²) in [6.07, 6.45) is 8.01. The van der Waals surface area contributed by atoms with Gasteiger partial charge in [0.15, 0.2) is 5.69 Å². The zero-order chi connectivity index (χ0) is 31.3. The smallest absolute Gasteiger partial charge is 0.343 e. The minimum atomic E-state index is -3.84. The van der Waals surface area contributed by atoms with E-state index in [1.807, 2.05) is 0 Å². The molecule has 0 bridgehead atoms. The molecule has 2 N–H and O–H groups in total. The maximum absolute atomic E-state index is 14.1. The standard InChI is InChI=1S/C31H48N4O6S/c1-7-12-15-23(9-3)20-35(21-24(10-4)16-13-8-2)42(39,40)26-18-14-17-25(19-26)33-34-28-22(6)27(31(38)41-11-5)29(36)32-30(28)37/h14,17-19,23-24H,7-13,15-16,20-21H2,1-6H3,(H2,32,36,37). The van der Waals surface area contributed by atoms with Gasteiger partial charge in [0.1, 0.15) is 5.56 Å². The Kier molecular flexibility index (Phi) is 14.4. The van der Waals surface area contributed by atoms with Gasteiger partial charge in [0.05, 0.1) is 17.2 Å². The van der Waals surface area contributed by atoms with Crippen molar-refractivity contribution in [1.29, 1.82) is 0 Å². The van der Waals surface area contributed by atoms with Crippen molar-refractivity contribution in [2.45, 2.75) is 97.8 Å². The average molecular weight is 605 g/mol. The van der Waals surface area contributed by atoms with Crippen LogP contribution in [0.2, 0.25) is 0 Å². The van der Waals surface area contributed by atoms with Crippen molar-refractivity contribution >= 4 is 27.4 Å². The van der Waals surface area contributed by atoms with Crippen molar-refractivity contribution in [3.05, 3.63) is 45.7 Å². The number of carbonyl (C=O) groups excluding carboxylic acids is 1. The quantitative estimate of drug-likeness (QED) is 0.134. The normalized spacial score (nSPS) is 13.5. The van der Waals surface area contributed by atoms with Crippen LogP contribution in [0, 0.1) is 18.8 Å². The molecule has 2 rings (SSSR count). The van der Waals surface area contributed by atoms with Crippen molar-refractivity contribution in [2.24, 2.45) is 22.1 Å². The Hall–Kier alpha value is -3.05. The van der Waals surface area contributed by atoms with Crippen molar-refractivity contribution in [3.63, 3.8) is 0 Å². The number of benzene rings is 1. The van der Waals surface area contributed by atoms with E-state index in [1.54, 1.807) is 29.4 Å². The lowest BCUT2D eigenvalue weighted by Crippen LogP contribution is -2.39. The van der Waals surface area contributed by atoms with Crippen molar-refractivity contribution < 1.29 is 23.1 Å². The lowest BCUT2D eigenvalue weighted by molar-refractivity contribution is 0.0521. The molecule has 0 aliphatic carbocycles. The van der Waals surface area contributed by atoms with Crippen molar-refractivity contribution in [3.8, 4) is 5.88 Å². The monoisotopic (exact) mass is 604 g/mol. The van der Waals surface area contributed by atoms with Crippen LogP contribution in [-0.4, -0.2) is 48.5 Å². The average Bonchev–Trinajstić information content (AvgIpc) is 2.96. The van der Waals surface area contributed by atoms with E-state index in [0.717, 1.165) is 51.4 Å². The van der Waals surface area contributed by atoms with E-state index in [9.17, 15) is 23.1 Å². The molecule has 0 aliphatic rings. The summed E-state index contributed by atoms with van der Waals surface area (Å²) in [5, 5.41) is 18.3. The first-order valence-corrected chi connectivity index (χ1v) is 16.6. The van der Waals surface area contributed by atoms with Gasteiger partial charge in [-0.3, -0.25) is 9.78 Å². The number of azo groups is 1. The van der Waals surface area contributed by atoms with Crippen LogP contribution in [0.5, 0.6) is 5.88 Å². The lowest BCUT2D eigenvalue weighted by Gasteiger charge is -2.30. The van der Waals surface area contributed by atoms with E-state index in [-0.39, 0.29) is 45.8 Å². The van der Waals surface area contributed by atoms with Gasteiger partial charge in [0, 0.05) is 18.7 Å². The van der Waals surface area contributed by atoms with Crippen LogP contribution < -0.4 is 5.56 Å². The molecule has 42 heavy (non-hydrogen) atoms. The number of esters is 1. The minimum Gasteiger partial charge on any atom is -0.494 e. The zero-order valence-electron chi connectivity index (χ0n) is 26.0. The number of H-pyrrole nitrogens is 1. The lowest BCUT2D eigenvalue weighted by atomic mass is 9.97. The highest BCUT2D eigenvalue weighted by atomic mass is 32.2. The summed E-state index contributed by atoms with van der Waals surface area (Å²) < 4.78 is 34.7. The summed E-state index contributed by atoms with van der Waals surface area (Å²) in [7, 11) is -3.84. The first-order chi connectivity index (χ1) is 20.0. The Morgan fingerprint density at radius 3 is 2.12 bits per heavy atom. The predicted molar refractivity (Wildman–Crippen MR) is 165 cm³/mol. The Morgan fingerprint density at radius 1 is 1.00 bits per heavy atom. The Bertz CT molecular complexity index is 1340. The number of nitrogens with zero attached hydrogens (tertiary/aromatic N) is 3. The summed E-state index contributed by atoms with van der Waals surface area (Å²) in [4.78, 5) is 27.1. The highest BCUT2D eigenvalue weighted by Crippen LogP contribution is 2.29. The van der Waals surface area contributed by atoms with E-state index >= 15 is 0 Å². The fourth-order valence-corrected chi connectivity index (χ4v) is 6.55. The van der Waals surface area contributed by atoms with Gasteiger partial charge >= 0.3 is 5.97 Å². The molecule has 234 valence electrons. The van der Waals surface area contributed by atoms with Gasteiger partial charge in [0.25, 0.3) is 5.56 Å². The molecule has 2 atom stereocenters. The number of carbonyl (C=O) groups is 1. The summed E-state index contributed by atoms with van der Waals surface area (Å²) in [6.45, 7) is 12.6. The molecule has 0 fully saturated rings. The molecule has 1 aromatic carbocycles. The zero-order valence-corrected chi connectivity index (χ0v) is 26.8. The molecular weight excluding hydrogens is 556 g/mol. The second-order valence-electron chi connectivity index (χ2n) is 10.7. The number of ether oxygens (including phenoxy) is 1. The number of aromatic hydroxyl groups is 1. The largest absolute Gasteiger partial charge is 0.494 e. The first-order valence-electron chi connectivity index (χ1n) is 15.2. The number of hydrogen-bond acceptors (Lipinski definition) is 8. The highest BCUT2D eigenvalue weighted by Gasteiger charge is 2.29. The summed E-state index contributed by atoms with van der Waals surface area (Å²) >= 11 is 0. The number of aromatic nitrogens is 1. The third kappa shape index (κ3) is 9.49. The molecule has 0 saturated heterocycles. The maximum atomic E-state index is 14.1. The van der Waals surface area contributed by atoms with Gasteiger partial charge in [-0.15, -0.1) is 5.11 Å². The van der Waals surface area contributed by atoms with Gasteiger partial charge in [-0.1, -0.05) is 72.3 Å². The number of nitrogens with one attached hydrogen (secondary N) is 1. The highest BCUT2D eigenvalue weighted by molar-refractivity contribution is 7.89. The Morgan fingerprint density at radius 2 is 1.60 bits per heavy atom. The molecule has 0 aliphatic heterocycles. The van der Waals surface area contributed by atoms with Gasteiger partial charge in [0.2, 0.25) is 15.9 Å². The van der Waals surface area contributed by atoms with E-state index in [1.165, 1.54) is 13.0 Å². The van der Waals surface area contributed by atoms with Gasteiger partial charge in [-0.05, 0) is 56.7 Å². The van der Waals surface area contributed by atoms with Crippen molar-refractivity contribution in [2.75, 3.05) is 19.7 Å². The number of aromatic amines is 1. The molecule has 1 aromatic heterocycles. The van der Waals surface area contributed by atoms with Crippen LogP contribution in [0.1, 0.15) is 102 Å². The van der Waals surface area contributed by atoms with Gasteiger partial charge < -0.3 is 9.84 Å². The third-order valence-corrected chi connectivity index (χ3v) is 9.45. The molecule has 1 heterocycles. The van der Waals surface area contributed by atoms with E-state index in [2.05, 4.69) is 42.9 Å². The number of unbranched alkanes of at least 4 members (excludes halogenated alkanes) is 2. The molecule has 0 amide bonds. The third-order valence-electron chi connectivity index (χ3n) is 7.62. The first kappa shape index (κ1) is 35.1. The molecule has 0 saturated carbocycles. The second-order valence-corrected chi connectivity index (χ2v) is 12.7. The van der Waals surface area contributed by atoms with Gasteiger partial charge in [-0.25, -0.2) is 13.2 Å². The second kappa shape index (κ2) is 17.2. The number of hydrogen-bond donors (Lipinski definition) is 2. The van der Waals surface area contributed by atoms with Crippen LogP contribution >= 0.6 is 0 Å². The van der Waals surface area contributed by atoms with Crippen LogP contribution in [0.3, 0.4) is 0 Å². The summed E-state index contributed by atoms with van der Waals surface area (Å²) in [6, 6.07) is 6.19. The topological polar surface area (TPSA) is 141 Å².